The topological polar surface area (TPSA) is 44.1 Å². The molecule has 1 aromatic rings. The first-order valence-corrected chi connectivity index (χ1v) is 5.75. The number of nitriles is 1. The van der Waals surface area contributed by atoms with Crippen LogP contribution in [0.2, 0.25) is 0 Å². The molecule has 0 fully saturated rings. The molecule has 0 aromatic heterocycles. The van der Waals surface area contributed by atoms with Gasteiger partial charge in [-0.15, -0.1) is 0 Å². The Labute approximate surface area is 103 Å². The Bertz CT molecular complexity index is 434. The second-order valence-corrected chi connectivity index (χ2v) is 4.30. The summed E-state index contributed by atoms with van der Waals surface area (Å²) in [5.41, 5.74) is 2.37. The van der Waals surface area contributed by atoms with Crippen molar-refractivity contribution in [2.45, 2.75) is 32.7 Å². The summed E-state index contributed by atoms with van der Waals surface area (Å²) >= 11 is 0. The van der Waals surface area contributed by atoms with Crippen LogP contribution in [-0.2, 0) is 11.2 Å². The summed E-state index contributed by atoms with van der Waals surface area (Å²) in [4.78, 5) is 13.3. The van der Waals surface area contributed by atoms with Crippen LogP contribution >= 0.6 is 0 Å². The molecule has 0 saturated heterocycles. The van der Waals surface area contributed by atoms with Crippen LogP contribution in [0.3, 0.4) is 0 Å². The minimum Gasteiger partial charge on any atom is -0.330 e. The Morgan fingerprint density at radius 3 is 2.82 bits per heavy atom. The molecule has 1 atom stereocenters. The minimum absolute atomic E-state index is 0.0144. The minimum atomic E-state index is -0.361. The number of hydrogen-bond donors (Lipinski definition) is 0. The highest BCUT2D eigenvalue weighted by Gasteiger charge is 2.14. The molecule has 0 heterocycles. The van der Waals surface area contributed by atoms with Gasteiger partial charge in [-0.2, -0.15) is 5.26 Å². The third kappa shape index (κ3) is 3.92. The predicted molar refractivity (Wildman–Crippen MR) is 67.3 cm³/mol. The van der Waals surface area contributed by atoms with Crippen LogP contribution in [-0.4, -0.2) is 23.9 Å². The summed E-state index contributed by atoms with van der Waals surface area (Å²) in [6.45, 7) is 3.76. The maximum atomic E-state index is 11.8. The molecule has 0 aliphatic rings. The molecule has 0 N–H and O–H groups in total. The van der Waals surface area contributed by atoms with Gasteiger partial charge in [-0.05, 0) is 25.8 Å². The van der Waals surface area contributed by atoms with E-state index in [1.165, 1.54) is 10.5 Å². The van der Waals surface area contributed by atoms with Crippen molar-refractivity contribution in [1.29, 1.82) is 5.26 Å². The van der Waals surface area contributed by atoms with E-state index in [4.69, 9.17) is 5.26 Å². The summed E-state index contributed by atoms with van der Waals surface area (Å²) in [6.07, 6.45) is 1.18. The lowest BCUT2D eigenvalue weighted by molar-refractivity contribution is -0.130. The third-order valence-corrected chi connectivity index (χ3v) is 2.87. The molecule has 3 nitrogen and oxygen atoms in total. The van der Waals surface area contributed by atoms with Crippen LogP contribution in [0.4, 0.5) is 0 Å². The average Bonchev–Trinajstić information content (AvgIpc) is 2.34. The zero-order valence-corrected chi connectivity index (χ0v) is 10.6. The van der Waals surface area contributed by atoms with E-state index in [2.05, 4.69) is 12.1 Å². The van der Waals surface area contributed by atoms with E-state index in [0.717, 1.165) is 12.0 Å². The Morgan fingerprint density at radius 2 is 2.24 bits per heavy atom. The number of hydrogen-bond acceptors (Lipinski definition) is 2. The van der Waals surface area contributed by atoms with Gasteiger partial charge >= 0.3 is 0 Å². The first-order chi connectivity index (χ1) is 8.04. The van der Waals surface area contributed by atoms with Crippen molar-refractivity contribution in [1.82, 2.24) is 4.90 Å². The average molecular weight is 230 g/mol. The van der Waals surface area contributed by atoms with Gasteiger partial charge in [-0.1, -0.05) is 29.8 Å². The van der Waals surface area contributed by atoms with E-state index in [0.29, 0.717) is 6.42 Å². The lowest BCUT2D eigenvalue weighted by atomic mass is 10.1. The van der Waals surface area contributed by atoms with Gasteiger partial charge in [0.25, 0.3) is 0 Å². The number of aryl methyl sites for hydroxylation is 2. The van der Waals surface area contributed by atoms with Crippen LogP contribution in [0.25, 0.3) is 0 Å². The monoisotopic (exact) mass is 230 g/mol. The predicted octanol–water partition coefficient (Wildman–Crippen LogP) is 2.30. The molecule has 1 rings (SSSR count). The fraction of sp³-hybridized carbons (Fsp3) is 0.429. The second-order valence-electron chi connectivity index (χ2n) is 4.30. The third-order valence-electron chi connectivity index (χ3n) is 2.87. The van der Waals surface area contributed by atoms with E-state index >= 15 is 0 Å². The number of amides is 1. The van der Waals surface area contributed by atoms with Gasteiger partial charge in [0, 0.05) is 13.5 Å². The summed E-state index contributed by atoms with van der Waals surface area (Å²) in [6, 6.07) is 9.84. The SMILES string of the molecule is Cc1cccc(CCC(=O)N(C)C(C)C#N)c1. The van der Waals surface area contributed by atoms with Crippen molar-refractivity contribution in [3.8, 4) is 6.07 Å². The molecule has 0 aliphatic heterocycles. The Hall–Kier alpha value is -1.82. The van der Waals surface area contributed by atoms with Gasteiger partial charge in [0.2, 0.25) is 5.91 Å². The maximum Gasteiger partial charge on any atom is 0.223 e. The summed E-state index contributed by atoms with van der Waals surface area (Å²) in [5.74, 6) is 0.0144. The van der Waals surface area contributed by atoms with Crippen LogP contribution in [0, 0.1) is 18.3 Å². The van der Waals surface area contributed by atoms with Crippen LogP contribution in [0.1, 0.15) is 24.5 Å². The normalized spacial score (nSPS) is 11.6. The standard InChI is InChI=1S/C14H18N2O/c1-11-5-4-6-13(9-11)7-8-14(17)16(3)12(2)10-15/h4-6,9,12H,7-8H2,1-3H3. The molecular weight excluding hydrogens is 212 g/mol. The second kappa shape index (κ2) is 6.05. The highest BCUT2D eigenvalue weighted by atomic mass is 16.2. The van der Waals surface area contributed by atoms with Gasteiger partial charge in [-0.25, -0.2) is 0 Å². The number of benzene rings is 1. The van der Waals surface area contributed by atoms with Gasteiger partial charge in [0.15, 0.2) is 0 Å². The van der Waals surface area contributed by atoms with E-state index in [1.54, 1.807) is 14.0 Å². The van der Waals surface area contributed by atoms with E-state index < -0.39 is 0 Å². The molecule has 17 heavy (non-hydrogen) atoms. The molecule has 0 radical (unpaired) electrons. The fourth-order valence-corrected chi connectivity index (χ4v) is 1.60. The first-order valence-electron chi connectivity index (χ1n) is 5.75. The summed E-state index contributed by atoms with van der Waals surface area (Å²) in [7, 11) is 1.67. The Morgan fingerprint density at radius 1 is 1.53 bits per heavy atom. The van der Waals surface area contributed by atoms with Crippen molar-refractivity contribution in [3.05, 3.63) is 35.4 Å². The highest BCUT2D eigenvalue weighted by Crippen LogP contribution is 2.08. The fourth-order valence-electron chi connectivity index (χ4n) is 1.60. The lowest BCUT2D eigenvalue weighted by Crippen LogP contribution is -2.34. The van der Waals surface area contributed by atoms with Crippen LogP contribution < -0.4 is 0 Å². The van der Waals surface area contributed by atoms with Gasteiger partial charge < -0.3 is 4.90 Å². The summed E-state index contributed by atoms with van der Waals surface area (Å²) < 4.78 is 0. The van der Waals surface area contributed by atoms with Crippen molar-refractivity contribution in [3.63, 3.8) is 0 Å². The number of rotatable bonds is 4. The van der Waals surface area contributed by atoms with Crippen molar-refractivity contribution < 1.29 is 4.79 Å². The molecule has 0 spiro atoms. The molecule has 1 unspecified atom stereocenters. The van der Waals surface area contributed by atoms with Crippen molar-refractivity contribution >= 4 is 5.91 Å². The molecule has 1 aromatic carbocycles. The summed E-state index contributed by atoms with van der Waals surface area (Å²) in [5, 5.41) is 8.73. The largest absolute Gasteiger partial charge is 0.330 e. The molecule has 1 amide bonds. The quantitative estimate of drug-likeness (QED) is 0.796. The highest BCUT2D eigenvalue weighted by molar-refractivity contribution is 5.76. The van der Waals surface area contributed by atoms with Crippen molar-refractivity contribution in [2.24, 2.45) is 0 Å². The van der Waals surface area contributed by atoms with Crippen LogP contribution in [0.15, 0.2) is 24.3 Å². The zero-order chi connectivity index (χ0) is 12.8. The van der Waals surface area contributed by atoms with Crippen LogP contribution in [0.5, 0.6) is 0 Å². The molecular formula is C14H18N2O. The zero-order valence-electron chi connectivity index (χ0n) is 10.6. The van der Waals surface area contributed by atoms with Gasteiger partial charge in [0.05, 0.1) is 6.07 Å². The van der Waals surface area contributed by atoms with Crippen molar-refractivity contribution in [2.75, 3.05) is 7.05 Å². The molecule has 0 aliphatic carbocycles. The first kappa shape index (κ1) is 13.2. The Kier molecular flexibility index (Phi) is 4.71. The number of carbonyl (C=O) groups excluding carboxylic acids is 1. The smallest absolute Gasteiger partial charge is 0.223 e. The van der Waals surface area contributed by atoms with Gasteiger partial charge in [0.1, 0.15) is 6.04 Å². The molecule has 0 saturated carbocycles. The molecule has 0 bridgehead atoms. The number of nitrogens with zero attached hydrogens (tertiary/aromatic N) is 2. The molecule has 3 heteroatoms. The Balaban J connectivity index is 2.52. The maximum absolute atomic E-state index is 11.8. The van der Waals surface area contributed by atoms with E-state index in [9.17, 15) is 4.79 Å². The van der Waals surface area contributed by atoms with Gasteiger partial charge in [-0.3, -0.25) is 4.79 Å². The number of carbonyl (C=O) groups is 1. The van der Waals surface area contributed by atoms with E-state index in [1.807, 2.05) is 25.1 Å². The van der Waals surface area contributed by atoms with E-state index in [-0.39, 0.29) is 11.9 Å². The lowest BCUT2D eigenvalue weighted by Gasteiger charge is -2.19. The molecule has 90 valence electrons.